The van der Waals surface area contributed by atoms with Crippen molar-refractivity contribution in [1.29, 1.82) is 0 Å². The monoisotopic (exact) mass is 254 g/mol. The van der Waals surface area contributed by atoms with Gasteiger partial charge in [0, 0.05) is 24.3 Å². The molecule has 1 unspecified atom stereocenters. The van der Waals surface area contributed by atoms with Gasteiger partial charge in [-0.25, -0.2) is 4.98 Å². The maximum Gasteiger partial charge on any atom is 0.251 e. The van der Waals surface area contributed by atoms with Gasteiger partial charge in [-0.05, 0) is 13.3 Å². The van der Waals surface area contributed by atoms with Gasteiger partial charge in [0.15, 0.2) is 5.16 Å². The molecule has 2 heterocycles. The summed E-state index contributed by atoms with van der Waals surface area (Å²) >= 11 is 1.27. The molecule has 1 saturated heterocycles. The molecule has 5 nitrogen and oxygen atoms in total. The van der Waals surface area contributed by atoms with Crippen LogP contribution in [0.5, 0.6) is 0 Å². The minimum atomic E-state index is -0.184. The molecule has 0 spiro atoms. The maximum absolute atomic E-state index is 11.8. The van der Waals surface area contributed by atoms with E-state index < -0.39 is 0 Å². The number of aryl methyl sites for hydroxylation is 1. The summed E-state index contributed by atoms with van der Waals surface area (Å²) in [5.74, 6) is 0.510. The molecule has 1 N–H and O–H groups in total. The highest BCUT2D eigenvalue weighted by molar-refractivity contribution is 7.99. The van der Waals surface area contributed by atoms with Crippen LogP contribution in [-0.2, 0) is 9.53 Å². The third-order valence-corrected chi connectivity index (χ3v) is 3.48. The number of Topliss-reactive ketones (excluding diaryl/α,β-unsaturated/α-hetero) is 1. The van der Waals surface area contributed by atoms with Crippen LogP contribution >= 0.6 is 11.8 Å². The van der Waals surface area contributed by atoms with E-state index in [0.717, 1.165) is 6.42 Å². The lowest BCUT2D eigenvalue weighted by atomic mass is 10.1. The van der Waals surface area contributed by atoms with Gasteiger partial charge in [0.05, 0.1) is 12.4 Å². The zero-order valence-electron chi connectivity index (χ0n) is 9.56. The van der Waals surface area contributed by atoms with Crippen molar-refractivity contribution in [2.75, 3.05) is 19.0 Å². The van der Waals surface area contributed by atoms with Crippen LogP contribution in [0.2, 0.25) is 0 Å². The molecule has 1 atom stereocenters. The standard InChI is InChI=1S/C11H14N2O3S/c1-7-4-10(15)13-11(12-7)17-6-9(14)8-2-3-16-5-8/h4,8H,2-3,5-6H2,1H3,(H,12,13,15). The van der Waals surface area contributed by atoms with Crippen molar-refractivity contribution in [1.82, 2.24) is 9.97 Å². The van der Waals surface area contributed by atoms with Gasteiger partial charge in [0.1, 0.15) is 5.78 Å². The summed E-state index contributed by atoms with van der Waals surface area (Å²) in [4.78, 5) is 29.7. The number of nitrogens with zero attached hydrogens (tertiary/aromatic N) is 1. The third-order valence-electron chi connectivity index (χ3n) is 2.58. The molecule has 0 aliphatic carbocycles. The quantitative estimate of drug-likeness (QED) is 0.635. The molecular weight excluding hydrogens is 240 g/mol. The Morgan fingerprint density at radius 1 is 1.71 bits per heavy atom. The second-order valence-corrected chi connectivity index (χ2v) is 4.97. The van der Waals surface area contributed by atoms with Gasteiger partial charge in [-0.15, -0.1) is 0 Å². The van der Waals surface area contributed by atoms with Crippen molar-refractivity contribution >= 4 is 17.5 Å². The highest BCUT2D eigenvalue weighted by Gasteiger charge is 2.23. The summed E-state index contributed by atoms with van der Waals surface area (Å²) in [7, 11) is 0. The highest BCUT2D eigenvalue weighted by atomic mass is 32.2. The summed E-state index contributed by atoms with van der Waals surface area (Å²) in [6, 6.07) is 1.43. The molecule has 1 aliphatic rings. The van der Waals surface area contributed by atoms with E-state index in [1.165, 1.54) is 17.8 Å². The average molecular weight is 254 g/mol. The second-order valence-electron chi connectivity index (χ2n) is 4.01. The normalized spacial score (nSPS) is 19.5. The van der Waals surface area contributed by atoms with E-state index in [2.05, 4.69) is 9.97 Å². The molecule has 1 aromatic heterocycles. The van der Waals surface area contributed by atoms with Gasteiger partial charge in [-0.1, -0.05) is 11.8 Å². The maximum atomic E-state index is 11.8. The third kappa shape index (κ3) is 3.41. The van der Waals surface area contributed by atoms with E-state index in [1.807, 2.05) is 0 Å². The lowest BCUT2D eigenvalue weighted by Crippen LogP contribution is -2.17. The molecule has 6 heteroatoms. The predicted octanol–water partition coefficient (Wildman–Crippen LogP) is 0.776. The van der Waals surface area contributed by atoms with Gasteiger partial charge >= 0.3 is 0 Å². The molecule has 0 amide bonds. The number of hydrogen-bond acceptors (Lipinski definition) is 5. The van der Waals surface area contributed by atoms with Crippen molar-refractivity contribution in [3.05, 3.63) is 22.1 Å². The van der Waals surface area contributed by atoms with E-state index in [4.69, 9.17) is 4.74 Å². The van der Waals surface area contributed by atoms with Gasteiger partial charge in [0.25, 0.3) is 5.56 Å². The Morgan fingerprint density at radius 3 is 3.18 bits per heavy atom. The van der Waals surface area contributed by atoms with E-state index >= 15 is 0 Å². The first-order valence-corrected chi connectivity index (χ1v) is 6.45. The molecule has 1 aromatic rings. The molecule has 17 heavy (non-hydrogen) atoms. The summed E-state index contributed by atoms with van der Waals surface area (Å²) < 4.78 is 5.16. The number of aromatic nitrogens is 2. The molecule has 0 saturated carbocycles. The Hall–Kier alpha value is -1.14. The van der Waals surface area contributed by atoms with Gasteiger partial charge in [-0.3, -0.25) is 9.59 Å². The largest absolute Gasteiger partial charge is 0.381 e. The van der Waals surface area contributed by atoms with Crippen molar-refractivity contribution in [2.45, 2.75) is 18.5 Å². The van der Waals surface area contributed by atoms with Crippen LogP contribution in [0.1, 0.15) is 12.1 Å². The molecule has 2 rings (SSSR count). The summed E-state index contributed by atoms with van der Waals surface area (Å²) in [6.45, 7) is 2.95. The number of ketones is 1. The Balaban J connectivity index is 1.92. The van der Waals surface area contributed by atoms with Gasteiger partial charge in [0.2, 0.25) is 0 Å². The zero-order valence-corrected chi connectivity index (χ0v) is 10.4. The summed E-state index contributed by atoms with van der Waals surface area (Å²) in [5.41, 5.74) is 0.476. The minimum Gasteiger partial charge on any atom is -0.381 e. The van der Waals surface area contributed by atoms with Crippen LogP contribution < -0.4 is 5.56 Å². The number of carbonyl (C=O) groups is 1. The van der Waals surface area contributed by atoms with Crippen LogP contribution in [0, 0.1) is 12.8 Å². The van der Waals surface area contributed by atoms with Crippen molar-refractivity contribution in [2.24, 2.45) is 5.92 Å². The fraction of sp³-hybridized carbons (Fsp3) is 0.545. The Morgan fingerprint density at radius 2 is 2.53 bits per heavy atom. The number of rotatable bonds is 4. The smallest absolute Gasteiger partial charge is 0.251 e. The number of ether oxygens (including phenoxy) is 1. The first-order chi connectivity index (χ1) is 8.15. The highest BCUT2D eigenvalue weighted by Crippen LogP contribution is 2.18. The van der Waals surface area contributed by atoms with E-state index in [1.54, 1.807) is 6.92 Å². The molecular formula is C11H14N2O3S. The molecule has 0 aromatic carbocycles. The predicted molar refractivity (Wildman–Crippen MR) is 64.3 cm³/mol. The van der Waals surface area contributed by atoms with Crippen molar-refractivity contribution in [3.63, 3.8) is 0 Å². The van der Waals surface area contributed by atoms with Crippen LogP contribution in [0.15, 0.2) is 16.0 Å². The number of carbonyl (C=O) groups excluding carboxylic acids is 1. The van der Waals surface area contributed by atoms with E-state index in [9.17, 15) is 9.59 Å². The van der Waals surface area contributed by atoms with Crippen LogP contribution in [0.25, 0.3) is 0 Å². The number of aromatic amines is 1. The molecule has 1 aliphatic heterocycles. The fourth-order valence-corrected chi connectivity index (χ4v) is 2.56. The lowest BCUT2D eigenvalue weighted by Gasteiger charge is -2.05. The van der Waals surface area contributed by atoms with Gasteiger partial charge in [-0.2, -0.15) is 0 Å². The summed E-state index contributed by atoms with van der Waals surface area (Å²) in [5, 5.41) is 0.502. The SMILES string of the molecule is Cc1cc(=O)[nH]c(SCC(=O)C2CCOC2)n1. The number of nitrogens with one attached hydrogen (secondary N) is 1. The number of thioether (sulfide) groups is 1. The van der Waals surface area contributed by atoms with Crippen LogP contribution in [0.3, 0.4) is 0 Å². The number of H-pyrrole nitrogens is 1. The topological polar surface area (TPSA) is 72.0 Å². The Bertz CT molecular complexity index is 466. The van der Waals surface area contributed by atoms with E-state index in [-0.39, 0.29) is 17.3 Å². The van der Waals surface area contributed by atoms with Crippen LogP contribution in [0.4, 0.5) is 0 Å². The van der Waals surface area contributed by atoms with E-state index in [0.29, 0.717) is 29.8 Å². The zero-order chi connectivity index (χ0) is 12.3. The average Bonchev–Trinajstić information content (AvgIpc) is 2.78. The molecule has 0 bridgehead atoms. The summed E-state index contributed by atoms with van der Waals surface area (Å²) in [6.07, 6.45) is 0.803. The van der Waals surface area contributed by atoms with Crippen molar-refractivity contribution < 1.29 is 9.53 Å². The van der Waals surface area contributed by atoms with Crippen LogP contribution in [-0.4, -0.2) is 34.7 Å². The van der Waals surface area contributed by atoms with Crippen molar-refractivity contribution in [3.8, 4) is 0 Å². The Labute approximate surface area is 103 Å². The second kappa shape index (κ2) is 5.46. The molecule has 1 fully saturated rings. The fourth-order valence-electron chi connectivity index (χ4n) is 1.67. The number of hydrogen-bond donors (Lipinski definition) is 1. The first kappa shape index (κ1) is 12.3. The lowest BCUT2D eigenvalue weighted by molar-refractivity contribution is -0.120. The van der Waals surface area contributed by atoms with Gasteiger partial charge < -0.3 is 9.72 Å². The Kier molecular flexibility index (Phi) is 3.96. The first-order valence-electron chi connectivity index (χ1n) is 5.46. The molecule has 0 radical (unpaired) electrons. The molecule has 92 valence electrons. The minimum absolute atomic E-state index is 0.0130.